The lowest BCUT2D eigenvalue weighted by Gasteiger charge is -2.33. The molecule has 0 aromatic carbocycles. The van der Waals surface area contributed by atoms with E-state index < -0.39 is 0 Å². The quantitative estimate of drug-likeness (QED) is 0.874. The summed E-state index contributed by atoms with van der Waals surface area (Å²) in [6.45, 7) is 7.35. The fraction of sp³-hybridized carbons (Fsp3) is 0.562. The number of hydrogen-bond donors (Lipinski definition) is 0. The van der Waals surface area contributed by atoms with Crippen molar-refractivity contribution in [2.45, 2.75) is 45.6 Å². The monoisotopic (exact) mass is 302 g/mol. The molecule has 1 aliphatic rings. The van der Waals surface area contributed by atoms with Crippen molar-refractivity contribution >= 4 is 5.91 Å². The number of carbonyl (C=O) groups is 1. The molecule has 6 heteroatoms. The maximum Gasteiger partial charge on any atom is 0.259 e. The first kappa shape index (κ1) is 14.8. The molecule has 0 N–H and O–H groups in total. The lowest BCUT2D eigenvalue weighted by Crippen LogP contribution is -2.41. The summed E-state index contributed by atoms with van der Waals surface area (Å²) in [5, 5.41) is 3.98. The molecule has 1 atom stereocenters. The lowest BCUT2D eigenvalue weighted by molar-refractivity contribution is 0.0676. The first-order valence-corrected chi connectivity index (χ1v) is 7.80. The Labute approximate surface area is 130 Å². The molecule has 3 heterocycles. The van der Waals surface area contributed by atoms with Gasteiger partial charge in [0.05, 0.1) is 18.1 Å². The molecular formula is C16H22N4O2. The number of amides is 1. The Balaban J connectivity index is 1.82. The summed E-state index contributed by atoms with van der Waals surface area (Å²) >= 11 is 0. The van der Waals surface area contributed by atoms with Gasteiger partial charge in [0.2, 0.25) is 0 Å². The average molecular weight is 302 g/mol. The Bertz CT molecular complexity index is 645. The second kappa shape index (κ2) is 5.94. The zero-order valence-corrected chi connectivity index (χ0v) is 13.3. The molecule has 0 unspecified atom stereocenters. The molecule has 0 spiro atoms. The van der Waals surface area contributed by atoms with E-state index in [1.54, 1.807) is 6.20 Å². The number of imidazole rings is 1. The number of aryl methyl sites for hydroxylation is 1. The Kier molecular flexibility index (Phi) is 4.00. The highest BCUT2D eigenvalue weighted by Gasteiger charge is 2.30. The first-order chi connectivity index (χ1) is 10.6. The molecule has 3 rings (SSSR count). The fourth-order valence-corrected chi connectivity index (χ4v) is 3.07. The van der Waals surface area contributed by atoms with Crippen LogP contribution in [0.4, 0.5) is 0 Å². The largest absolute Gasteiger partial charge is 0.360 e. The van der Waals surface area contributed by atoms with Gasteiger partial charge in [0.15, 0.2) is 5.76 Å². The molecule has 22 heavy (non-hydrogen) atoms. The van der Waals surface area contributed by atoms with Crippen molar-refractivity contribution in [2.75, 3.05) is 13.1 Å². The van der Waals surface area contributed by atoms with E-state index in [1.807, 2.05) is 38.2 Å². The van der Waals surface area contributed by atoms with E-state index in [2.05, 4.69) is 14.7 Å². The molecule has 118 valence electrons. The van der Waals surface area contributed by atoms with Crippen LogP contribution in [0.5, 0.6) is 0 Å². The molecule has 2 aromatic rings. The van der Waals surface area contributed by atoms with Gasteiger partial charge < -0.3 is 14.0 Å². The van der Waals surface area contributed by atoms with Crippen molar-refractivity contribution in [1.82, 2.24) is 19.6 Å². The van der Waals surface area contributed by atoms with Gasteiger partial charge in [0, 0.05) is 31.4 Å². The molecule has 1 fully saturated rings. The number of hydrogen-bond acceptors (Lipinski definition) is 4. The molecule has 0 bridgehead atoms. The third kappa shape index (κ3) is 2.65. The topological polar surface area (TPSA) is 64.2 Å². The normalized spacial score (nSPS) is 18.9. The zero-order valence-electron chi connectivity index (χ0n) is 13.3. The average Bonchev–Trinajstić information content (AvgIpc) is 3.16. The van der Waals surface area contributed by atoms with Gasteiger partial charge in [-0.05, 0) is 19.8 Å². The van der Waals surface area contributed by atoms with E-state index in [4.69, 9.17) is 4.52 Å². The van der Waals surface area contributed by atoms with Crippen LogP contribution in [0.2, 0.25) is 0 Å². The summed E-state index contributed by atoms with van der Waals surface area (Å²) < 4.78 is 7.44. The van der Waals surface area contributed by atoms with Crippen molar-refractivity contribution in [3.8, 4) is 0 Å². The minimum atomic E-state index is 0.0345. The van der Waals surface area contributed by atoms with Gasteiger partial charge in [0.1, 0.15) is 5.56 Å². The van der Waals surface area contributed by atoms with E-state index in [1.165, 1.54) is 0 Å². The van der Waals surface area contributed by atoms with Crippen molar-refractivity contribution in [2.24, 2.45) is 0 Å². The van der Waals surface area contributed by atoms with E-state index in [0.717, 1.165) is 19.4 Å². The highest BCUT2D eigenvalue weighted by molar-refractivity contribution is 5.96. The lowest BCUT2D eigenvalue weighted by atomic mass is 10.0. The Morgan fingerprint density at radius 3 is 2.95 bits per heavy atom. The number of likely N-dealkylation sites (tertiary alicyclic amines) is 1. The maximum absolute atomic E-state index is 12.9. The van der Waals surface area contributed by atoms with Crippen LogP contribution in [0.15, 0.2) is 23.2 Å². The van der Waals surface area contributed by atoms with Gasteiger partial charge in [-0.15, -0.1) is 0 Å². The summed E-state index contributed by atoms with van der Waals surface area (Å²) in [5.41, 5.74) is 1.32. The van der Waals surface area contributed by atoms with E-state index in [0.29, 0.717) is 29.6 Å². The molecule has 1 saturated heterocycles. The van der Waals surface area contributed by atoms with Crippen LogP contribution in [0, 0.1) is 6.92 Å². The van der Waals surface area contributed by atoms with Crippen LogP contribution < -0.4 is 0 Å². The van der Waals surface area contributed by atoms with Crippen molar-refractivity contribution in [1.29, 1.82) is 0 Å². The molecule has 1 aliphatic heterocycles. The van der Waals surface area contributed by atoms with Gasteiger partial charge >= 0.3 is 0 Å². The van der Waals surface area contributed by atoms with Crippen LogP contribution >= 0.6 is 0 Å². The summed E-state index contributed by atoms with van der Waals surface area (Å²) in [6, 6.07) is 0.294. The van der Waals surface area contributed by atoms with Crippen LogP contribution in [0.3, 0.4) is 0 Å². The highest BCUT2D eigenvalue weighted by atomic mass is 16.5. The van der Waals surface area contributed by atoms with Crippen molar-refractivity contribution < 1.29 is 9.32 Å². The third-order valence-corrected chi connectivity index (χ3v) is 4.26. The Morgan fingerprint density at radius 1 is 1.45 bits per heavy atom. The maximum atomic E-state index is 12.9. The van der Waals surface area contributed by atoms with Gasteiger partial charge in [-0.2, -0.15) is 0 Å². The minimum absolute atomic E-state index is 0.0345. The molecule has 2 aromatic heterocycles. The number of aromatic nitrogens is 3. The smallest absolute Gasteiger partial charge is 0.259 e. The van der Waals surface area contributed by atoms with Crippen LogP contribution in [-0.2, 0) is 0 Å². The standard InChI is InChI=1S/C16H22N4O2/c1-11(2)15-14(12(3)18-22-15)16(21)19-7-4-5-13(9-19)20-8-6-17-10-20/h6,8,10-11,13H,4-5,7,9H2,1-3H3/t13-/m1/s1. The Morgan fingerprint density at radius 2 is 2.27 bits per heavy atom. The number of rotatable bonds is 3. The predicted molar refractivity (Wildman–Crippen MR) is 81.7 cm³/mol. The summed E-state index contributed by atoms with van der Waals surface area (Å²) in [6.07, 6.45) is 7.63. The summed E-state index contributed by atoms with van der Waals surface area (Å²) in [7, 11) is 0. The van der Waals surface area contributed by atoms with Crippen LogP contribution in [0.1, 0.15) is 60.5 Å². The number of nitrogens with zero attached hydrogens (tertiary/aromatic N) is 4. The highest BCUT2D eigenvalue weighted by Crippen LogP contribution is 2.27. The third-order valence-electron chi connectivity index (χ3n) is 4.26. The van der Waals surface area contributed by atoms with Crippen LogP contribution in [-0.4, -0.2) is 38.6 Å². The zero-order chi connectivity index (χ0) is 15.7. The molecule has 0 radical (unpaired) electrons. The molecule has 6 nitrogen and oxygen atoms in total. The molecule has 0 aliphatic carbocycles. The van der Waals surface area contributed by atoms with Crippen LogP contribution in [0.25, 0.3) is 0 Å². The van der Waals surface area contributed by atoms with E-state index in [-0.39, 0.29) is 11.8 Å². The SMILES string of the molecule is Cc1noc(C(C)C)c1C(=O)N1CCC[C@@H](n2ccnc2)C1. The van der Waals surface area contributed by atoms with E-state index >= 15 is 0 Å². The van der Waals surface area contributed by atoms with Gasteiger partial charge in [0.25, 0.3) is 5.91 Å². The second-order valence-corrected chi connectivity index (χ2v) is 6.22. The van der Waals surface area contributed by atoms with E-state index in [9.17, 15) is 4.79 Å². The Hall–Kier alpha value is -2.11. The summed E-state index contributed by atoms with van der Waals surface area (Å²) in [4.78, 5) is 18.9. The predicted octanol–water partition coefficient (Wildman–Crippen LogP) is 2.78. The number of carbonyl (C=O) groups excluding carboxylic acids is 1. The van der Waals surface area contributed by atoms with Gasteiger partial charge in [-0.1, -0.05) is 19.0 Å². The second-order valence-electron chi connectivity index (χ2n) is 6.22. The first-order valence-electron chi connectivity index (χ1n) is 7.80. The molecule has 1 amide bonds. The van der Waals surface area contributed by atoms with Crippen molar-refractivity contribution in [3.05, 3.63) is 35.7 Å². The fourth-order valence-electron chi connectivity index (χ4n) is 3.07. The van der Waals surface area contributed by atoms with Crippen molar-refractivity contribution in [3.63, 3.8) is 0 Å². The van der Waals surface area contributed by atoms with Gasteiger partial charge in [-0.3, -0.25) is 4.79 Å². The minimum Gasteiger partial charge on any atom is -0.360 e. The molecular weight excluding hydrogens is 280 g/mol. The molecule has 0 saturated carbocycles. The number of piperidine rings is 1. The summed E-state index contributed by atoms with van der Waals surface area (Å²) in [5.74, 6) is 0.869. The van der Waals surface area contributed by atoms with Gasteiger partial charge in [-0.25, -0.2) is 4.98 Å².